The Balaban J connectivity index is 0.000000196. The van der Waals surface area contributed by atoms with Crippen LogP contribution in [-0.2, 0) is 29.1 Å². The Morgan fingerprint density at radius 3 is 2.37 bits per heavy atom. The molecule has 2 aromatic heterocycles. The van der Waals surface area contributed by atoms with Gasteiger partial charge in [-0.2, -0.15) is 0 Å². The fraction of sp³-hybridized carbons (Fsp3) is 0.259. The van der Waals surface area contributed by atoms with Crippen molar-refractivity contribution in [3.05, 3.63) is 96.1 Å². The van der Waals surface area contributed by atoms with E-state index in [0.29, 0.717) is 0 Å². The van der Waals surface area contributed by atoms with Crippen molar-refractivity contribution < 1.29 is 9.59 Å². The van der Waals surface area contributed by atoms with E-state index < -0.39 is 0 Å². The van der Waals surface area contributed by atoms with Gasteiger partial charge in [-0.3, -0.25) is 9.59 Å². The van der Waals surface area contributed by atoms with Gasteiger partial charge in [0.2, 0.25) is 11.8 Å². The first-order valence-corrected chi connectivity index (χ1v) is 11.5. The van der Waals surface area contributed by atoms with E-state index >= 15 is 0 Å². The molecule has 2 N–H and O–H groups in total. The van der Waals surface area contributed by atoms with Crippen molar-refractivity contribution in [2.24, 2.45) is 0 Å². The maximum Gasteiger partial charge on any atom is 0.221 e. The lowest BCUT2D eigenvalue weighted by molar-refractivity contribution is -0.115. The van der Waals surface area contributed by atoms with Crippen molar-refractivity contribution in [2.75, 3.05) is 10.6 Å². The molecule has 0 aliphatic heterocycles. The van der Waals surface area contributed by atoms with Gasteiger partial charge in [0.25, 0.3) is 0 Å². The normalized spacial score (nSPS) is 10.3. The number of rotatable bonds is 7. The summed E-state index contributed by atoms with van der Waals surface area (Å²) in [4.78, 5) is 30.4. The van der Waals surface area contributed by atoms with Crippen LogP contribution >= 0.6 is 0 Å². The van der Waals surface area contributed by atoms with Gasteiger partial charge in [0, 0.05) is 56.4 Å². The number of amides is 2. The summed E-state index contributed by atoms with van der Waals surface area (Å²) in [6, 6.07) is 15.7. The molecule has 2 heterocycles. The summed E-state index contributed by atoms with van der Waals surface area (Å²) in [5.41, 5.74) is 6.13. The first kappa shape index (κ1) is 25.4. The van der Waals surface area contributed by atoms with Gasteiger partial charge in [0.15, 0.2) is 0 Å². The zero-order chi connectivity index (χ0) is 25.2. The minimum Gasteiger partial charge on any atom is -0.337 e. The molecule has 35 heavy (non-hydrogen) atoms. The smallest absolute Gasteiger partial charge is 0.221 e. The van der Waals surface area contributed by atoms with E-state index in [9.17, 15) is 9.59 Å². The van der Waals surface area contributed by atoms with Crippen LogP contribution in [0.15, 0.2) is 73.6 Å². The Kier molecular flexibility index (Phi) is 8.95. The van der Waals surface area contributed by atoms with Crippen molar-refractivity contribution in [1.29, 1.82) is 0 Å². The van der Waals surface area contributed by atoms with Crippen LogP contribution in [0, 0.1) is 13.8 Å². The molecular formula is C27H32N6O2. The molecule has 4 rings (SSSR count). The number of carbonyl (C=O) groups excluding carboxylic acids is 2. The largest absolute Gasteiger partial charge is 0.337 e. The summed E-state index contributed by atoms with van der Waals surface area (Å²) in [7, 11) is 0. The molecule has 0 aliphatic carbocycles. The molecule has 0 bridgehead atoms. The molecule has 4 aromatic rings. The van der Waals surface area contributed by atoms with E-state index in [1.54, 1.807) is 6.33 Å². The molecule has 8 heteroatoms. The Hall–Kier alpha value is -4.20. The van der Waals surface area contributed by atoms with Crippen LogP contribution in [0.2, 0.25) is 0 Å². The second kappa shape index (κ2) is 12.3. The first-order chi connectivity index (χ1) is 16.8. The highest BCUT2D eigenvalue weighted by Crippen LogP contribution is 2.16. The zero-order valence-electron chi connectivity index (χ0n) is 20.7. The van der Waals surface area contributed by atoms with Crippen LogP contribution in [-0.4, -0.2) is 30.9 Å². The lowest BCUT2D eigenvalue weighted by Gasteiger charge is -2.09. The maximum absolute atomic E-state index is 11.1. The van der Waals surface area contributed by atoms with Crippen LogP contribution in [0.25, 0.3) is 0 Å². The van der Waals surface area contributed by atoms with Gasteiger partial charge in [-0.25, -0.2) is 9.97 Å². The highest BCUT2D eigenvalue weighted by atomic mass is 16.2. The Morgan fingerprint density at radius 2 is 1.71 bits per heavy atom. The number of para-hydroxylation sites is 1. The van der Waals surface area contributed by atoms with E-state index in [0.717, 1.165) is 53.4 Å². The fourth-order valence-electron chi connectivity index (χ4n) is 3.59. The molecule has 0 atom stereocenters. The molecule has 0 fully saturated rings. The van der Waals surface area contributed by atoms with Crippen molar-refractivity contribution in [3.63, 3.8) is 0 Å². The third kappa shape index (κ3) is 8.26. The molecule has 0 saturated heterocycles. The molecule has 0 saturated carbocycles. The molecule has 182 valence electrons. The third-order valence-corrected chi connectivity index (χ3v) is 5.25. The highest BCUT2D eigenvalue weighted by Gasteiger charge is 2.04. The van der Waals surface area contributed by atoms with Gasteiger partial charge < -0.3 is 19.8 Å². The van der Waals surface area contributed by atoms with Gasteiger partial charge in [0.05, 0.1) is 18.3 Å². The second-order valence-corrected chi connectivity index (χ2v) is 8.39. The molecule has 2 amide bonds. The summed E-state index contributed by atoms with van der Waals surface area (Å²) >= 11 is 0. The second-order valence-electron chi connectivity index (χ2n) is 8.39. The third-order valence-electron chi connectivity index (χ3n) is 5.25. The number of nitrogens with one attached hydrogen (secondary N) is 2. The minimum atomic E-state index is -0.0547. The molecular weight excluding hydrogens is 440 g/mol. The number of aryl methyl sites for hydroxylation is 4. The Labute approximate surface area is 206 Å². The maximum atomic E-state index is 11.1. The van der Waals surface area contributed by atoms with Gasteiger partial charge >= 0.3 is 0 Å². The van der Waals surface area contributed by atoms with Crippen molar-refractivity contribution in [3.8, 4) is 0 Å². The molecule has 0 aliphatic rings. The summed E-state index contributed by atoms with van der Waals surface area (Å²) in [5.74, 6) is -0.0955. The van der Waals surface area contributed by atoms with Crippen LogP contribution in [0.4, 0.5) is 11.4 Å². The van der Waals surface area contributed by atoms with E-state index in [1.165, 1.54) is 13.8 Å². The average Bonchev–Trinajstić information content (AvgIpc) is 3.41. The number of hydrogen-bond acceptors (Lipinski definition) is 4. The average molecular weight is 473 g/mol. The van der Waals surface area contributed by atoms with Gasteiger partial charge in [-0.05, 0) is 49.6 Å². The predicted molar refractivity (Wildman–Crippen MR) is 138 cm³/mol. The molecule has 2 aromatic carbocycles. The number of imidazole rings is 2. The SMILES string of the molecule is CC(=O)Nc1cccc(Cn2cncc2C)c1.CC(=O)Nc1ccccc1CCn1cnc(C)c1. The van der Waals surface area contributed by atoms with Crippen LogP contribution in [0.5, 0.6) is 0 Å². The fourth-order valence-corrected chi connectivity index (χ4v) is 3.59. The van der Waals surface area contributed by atoms with Crippen LogP contribution in [0.1, 0.15) is 36.4 Å². The Morgan fingerprint density at radius 1 is 0.943 bits per heavy atom. The van der Waals surface area contributed by atoms with Gasteiger partial charge in [0.1, 0.15) is 0 Å². The molecule has 0 unspecified atom stereocenters. The van der Waals surface area contributed by atoms with Crippen LogP contribution < -0.4 is 10.6 Å². The number of aromatic nitrogens is 4. The molecule has 0 spiro atoms. The van der Waals surface area contributed by atoms with Crippen molar-refractivity contribution >= 4 is 23.2 Å². The van der Waals surface area contributed by atoms with Gasteiger partial charge in [-0.15, -0.1) is 0 Å². The zero-order valence-corrected chi connectivity index (χ0v) is 20.7. The standard InChI is InChI=1S/C14H17N3O.C13H15N3O/c1-11-9-17(10-15-11)8-7-13-5-3-4-6-14(13)16-12(2)18;1-10-7-14-9-16(10)8-12-4-3-5-13(6-12)15-11(2)17/h3-6,9-10H,7-8H2,1-2H3,(H,16,18);3-7,9H,8H2,1-2H3,(H,15,17). The van der Waals surface area contributed by atoms with Crippen LogP contribution in [0.3, 0.4) is 0 Å². The lowest BCUT2D eigenvalue weighted by Crippen LogP contribution is -2.09. The predicted octanol–water partition coefficient (Wildman–Crippen LogP) is 4.59. The quantitative estimate of drug-likeness (QED) is 0.411. The summed E-state index contributed by atoms with van der Waals surface area (Å²) in [5, 5.41) is 5.63. The molecule has 0 radical (unpaired) electrons. The Bertz CT molecular complexity index is 1270. The number of nitrogens with zero attached hydrogens (tertiary/aromatic N) is 4. The van der Waals surface area contributed by atoms with E-state index in [-0.39, 0.29) is 11.8 Å². The van der Waals surface area contributed by atoms with E-state index in [4.69, 9.17) is 0 Å². The molecule has 8 nitrogen and oxygen atoms in total. The highest BCUT2D eigenvalue weighted by molar-refractivity contribution is 5.89. The first-order valence-electron chi connectivity index (χ1n) is 11.5. The van der Waals surface area contributed by atoms with E-state index in [1.807, 2.05) is 81.1 Å². The minimum absolute atomic E-state index is 0.0408. The van der Waals surface area contributed by atoms with Crippen molar-refractivity contribution in [1.82, 2.24) is 19.1 Å². The van der Waals surface area contributed by atoms with Gasteiger partial charge in [-0.1, -0.05) is 30.3 Å². The summed E-state index contributed by atoms with van der Waals surface area (Å²) < 4.78 is 4.12. The monoisotopic (exact) mass is 472 g/mol. The summed E-state index contributed by atoms with van der Waals surface area (Å²) in [6.45, 7) is 8.64. The lowest BCUT2D eigenvalue weighted by atomic mass is 10.1. The number of carbonyl (C=O) groups is 2. The number of anilines is 2. The van der Waals surface area contributed by atoms with Crippen molar-refractivity contribution in [2.45, 2.75) is 47.2 Å². The summed E-state index contributed by atoms with van der Waals surface area (Å²) in [6.07, 6.45) is 8.35. The number of benzene rings is 2. The topological polar surface area (TPSA) is 93.8 Å². The van der Waals surface area contributed by atoms with E-state index in [2.05, 4.69) is 29.7 Å². The number of hydrogen-bond donors (Lipinski definition) is 2.